The molecule has 32 valence electrons. The Hall–Kier alpha value is -0.210. The number of hydrogen-bond acceptors (Lipinski definition) is 1. The Morgan fingerprint density at radius 3 is 1.83 bits per heavy atom. The standard InChI is InChI=1S/C4H5NS/c6-5-3-1-2-4-5/h1-5H. The number of allylic oxidation sites excluding steroid dienone is 2. The van der Waals surface area contributed by atoms with Gasteiger partial charge in [0.15, 0.2) is 0 Å². The van der Waals surface area contributed by atoms with Crippen molar-refractivity contribution in [3.63, 3.8) is 0 Å². The Balaban J connectivity index is 2.60. The lowest BCUT2D eigenvalue weighted by atomic mass is 10.6. The van der Waals surface area contributed by atoms with Gasteiger partial charge in [-0.3, -0.25) is 0 Å². The first kappa shape index (κ1) is 3.96. The number of rotatable bonds is 0. The third kappa shape index (κ3) is 0.640. The van der Waals surface area contributed by atoms with Crippen molar-refractivity contribution in [3.05, 3.63) is 24.6 Å². The fourth-order valence-corrected chi connectivity index (χ4v) is 0.513. The van der Waals surface area contributed by atoms with Gasteiger partial charge >= 0.3 is 0 Å². The fourth-order valence-electron chi connectivity index (χ4n) is 0.356. The van der Waals surface area contributed by atoms with Gasteiger partial charge < -0.3 is 17.1 Å². The monoisotopic (exact) mass is 99.0 g/mol. The minimum atomic E-state index is 0.926. The largest absolute Gasteiger partial charge is 0.485 e. The summed E-state index contributed by atoms with van der Waals surface area (Å²) in [5, 5.41) is 0. The molecule has 0 radical (unpaired) electrons. The fraction of sp³-hybridized carbons (Fsp3) is 0. The number of hydrogen-bond donors (Lipinski definition) is 1. The molecular formula is C4H5NS. The van der Waals surface area contributed by atoms with Crippen LogP contribution < -0.4 is 4.31 Å². The van der Waals surface area contributed by atoms with Crippen LogP contribution in [0.4, 0.5) is 0 Å². The molecule has 0 aromatic carbocycles. The SMILES string of the molecule is [S-][NH+]1C=CC=C1. The van der Waals surface area contributed by atoms with Crippen LogP contribution in [-0.4, -0.2) is 0 Å². The predicted molar refractivity (Wildman–Crippen MR) is 26.6 cm³/mol. The maximum atomic E-state index is 4.75. The molecule has 2 heteroatoms. The summed E-state index contributed by atoms with van der Waals surface area (Å²) in [6, 6.07) is 0. The van der Waals surface area contributed by atoms with Crippen molar-refractivity contribution in [3.8, 4) is 0 Å². The molecule has 0 aromatic rings. The lowest BCUT2D eigenvalue weighted by molar-refractivity contribution is -0.620. The average Bonchev–Trinajstić information content (AvgIpc) is 1.86. The van der Waals surface area contributed by atoms with Crippen molar-refractivity contribution in [2.75, 3.05) is 0 Å². The van der Waals surface area contributed by atoms with Gasteiger partial charge in [-0.15, -0.1) is 0 Å². The summed E-state index contributed by atoms with van der Waals surface area (Å²) < 4.78 is 0.926. The molecule has 0 unspecified atom stereocenters. The first-order valence-corrected chi connectivity index (χ1v) is 2.19. The highest BCUT2D eigenvalue weighted by molar-refractivity contribution is 7.51. The zero-order chi connectivity index (χ0) is 4.41. The average molecular weight is 99.2 g/mol. The molecule has 0 saturated heterocycles. The Morgan fingerprint density at radius 2 is 1.67 bits per heavy atom. The van der Waals surface area contributed by atoms with Crippen LogP contribution in [0.25, 0.3) is 0 Å². The van der Waals surface area contributed by atoms with Crippen molar-refractivity contribution in [1.82, 2.24) is 0 Å². The van der Waals surface area contributed by atoms with Crippen LogP contribution in [0, 0.1) is 0 Å². The van der Waals surface area contributed by atoms with E-state index < -0.39 is 0 Å². The van der Waals surface area contributed by atoms with E-state index in [1.165, 1.54) is 0 Å². The summed E-state index contributed by atoms with van der Waals surface area (Å²) in [5.74, 6) is 0. The molecule has 1 N–H and O–H groups in total. The van der Waals surface area contributed by atoms with Gasteiger partial charge in [0, 0.05) is 0 Å². The third-order valence-corrected chi connectivity index (χ3v) is 0.904. The van der Waals surface area contributed by atoms with E-state index in [-0.39, 0.29) is 0 Å². The second-order valence-corrected chi connectivity index (χ2v) is 1.59. The second kappa shape index (κ2) is 1.49. The van der Waals surface area contributed by atoms with E-state index in [0.717, 1.165) is 4.31 Å². The van der Waals surface area contributed by atoms with Crippen LogP contribution in [-0.2, 0) is 12.8 Å². The quantitative estimate of drug-likeness (QED) is 0.396. The van der Waals surface area contributed by atoms with E-state index in [1.54, 1.807) is 0 Å². The van der Waals surface area contributed by atoms with Crippen LogP contribution in [0.2, 0.25) is 0 Å². The van der Waals surface area contributed by atoms with Crippen molar-refractivity contribution < 1.29 is 4.31 Å². The van der Waals surface area contributed by atoms with Gasteiger partial charge in [-0.2, -0.15) is 0 Å². The van der Waals surface area contributed by atoms with E-state index >= 15 is 0 Å². The molecule has 1 heterocycles. The maximum absolute atomic E-state index is 4.75. The molecule has 0 aromatic heterocycles. The van der Waals surface area contributed by atoms with E-state index in [0.29, 0.717) is 0 Å². The van der Waals surface area contributed by atoms with Crippen molar-refractivity contribution >= 4 is 12.8 Å². The highest BCUT2D eigenvalue weighted by atomic mass is 32.1. The van der Waals surface area contributed by atoms with Crippen LogP contribution in [0.1, 0.15) is 0 Å². The molecule has 0 fully saturated rings. The Kier molecular flexibility index (Phi) is 0.986. The van der Waals surface area contributed by atoms with Gasteiger partial charge in [-0.05, 0) is 12.2 Å². The minimum absolute atomic E-state index is 0.926. The predicted octanol–water partition coefficient (Wildman–Crippen LogP) is -0.626. The highest BCUT2D eigenvalue weighted by Crippen LogP contribution is 1.71. The van der Waals surface area contributed by atoms with E-state index in [1.807, 2.05) is 24.6 Å². The van der Waals surface area contributed by atoms with Crippen molar-refractivity contribution in [2.24, 2.45) is 0 Å². The highest BCUT2D eigenvalue weighted by Gasteiger charge is 1.82. The normalized spacial score (nSPS) is 20.2. The van der Waals surface area contributed by atoms with Gasteiger partial charge in [-0.25, -0.2) is 0 Å². The molecular weight excluding hydrogens is 94.1 g/mol. The lowest BCUT2D eigenvalue weighted by Crippen LogP contribution is -2.96. The molecule has 1 aliphatic heterocycles. The number of nitrogens with one attached hydrogen (secondary N) is 1. The molecule has 1 nitrogen and oxygen atoms in total. The van der Waals surface area contributed by atoms with Crippen LogP contribution >= 0.6 is 0 Å². The van der Waals surface area contributed by atoms with E-state index in [9.17, 15) is 0 Å². The Bertz CT molecular complexity index is 83.7. The van der Waals surface area contributed by atoms with E-state index in [2.05, 4.69) is 0 Å². The van der Waals surface area contributed by atoms with Crippen molar-refractivity contribution in [1.29, 1.82) is 0 Å². The van der Waals surface area contributed by atoms with Crippen LogP contribution in [0.3, 0.4) is 0 Å². The molecule has 0 spiro atoms. The molecule has 1 aliphatic rings. The zero-order valence-corrected chi connectivity index (χ0v) is 4.03. The topological polar surface area (TPSA) is 4.44 Å². The smallest absolute Gasteiger partial charge is 0.0811 e. The first-order chi connectivity index (χ1) is 2.89. The maximum Gasteiger partial charge on any atom is 0.0811 e. The third-order valence-electron chi connectivity index (χ3n) is 0.632. The molecule has 0 bridgehead atoms. The molecule has 6 heavy (non-hydrogen) atoms. The summed E-state index contributed by atoms with van der Waals surface area (Å²) in [5.41, 5.74) is 0. The Morgan fingerprint density at radius 1 is 1.17 bits per heavy atom. The molecule has 0 saturated carbocycles. The lowest BCUT2D eigenvalue weighted by Gasteiger charge is -2.05. The Labute approximate surface area is 42.5 Å². The van der Waals surface area contributed by atoms with Crippen LogP contribution in [0.5, 0.6) is 0 Å². The number of quaternary nitrogens is 1. The summed E-state index contributed by atoms with van der Waals surface area (Å²) in [6.07, 6.45) is 7.66. The van der Waals surface area contributed by atoms with Gasteiger partial charge in [0.2, 0.25) is 0 Å². The van der Waals surface area contributed by atoms with Crippen LogP contribution in [0.15, 0.2) is 24.6 Å². The van der Waals surface area contributed by atoms with Gasteiger partial charge in [0.25, 0.3) is 0 Å². The minimum Gasteiger partial charge on any atom is -0.485 e. The van der Waals surface area contributed by atoms with Gasteiger partial charge in [0.1, 0.15) is 0 Å². The molecule has 0 amide bonds. The summed E-state index contributed by atoms with van der Waals surface area (Å²) in [6.45, 7) is 0. The molecule has 0 atom stereocenters. The molecule has 1 rings (SSSR count). The summed E-state index contributed by atoms with van der Waals surface area (Å²) >= 11 is 4.75. The second-order valence-electron chi connectivity index (χ2n) is 1.12. The summed E-state index contributed by atoms with van der Waals surface area (Å²) in [4.78, 5) is 0. The summed E-state index contributed by atoms with van der Waals surface area (Å²) in [7, 11) is 0. The molecule has 0 aliphatic carbocycles. The van der Waals surface area contributed by atoms with Gasteiger partial charge in [0.05, 0.1) is 12.4 Å². The first-order valence-electron chi connectivity index (χ1n) is 1.78. The van der Waals surface area contributed by atoms with Crippen molar-refractivity contribution in [2.45, 2.75) is 0 Å². The van der Waals surface area contributed by atoms with Gasteiger partial charge in [-0.1, -0.05) is 0 Å². The van der Waals surface area contributed by atoms with E-state index in [4.69, 9.17) is 12.8 Å². The zero-order valence-electron chi connectivity index (χ0n) is 3.22.